The van der Waals surface area contributed by atoms with E-state index in [2.05, 4.69) is 4.98 Å². The van der Waals surface area contributed by atoms with Crippen molar-refractivity contribution >= 4 is 46.4 Å². The van der Waals surface area contributed by atoms with Crippen LogP contribution in [-0.2, 0) is 16.0 Å². The second-order valence-corrected chi connectivity index (χ2v) is 7.23. The first-order valence-corrected chi connectivity index (χ1v) is 9.01. The Labute approximate surface area is 152 Å². The van der Waals surface area contributed by atoms with Gasteiger partial charge < -0.3 is 10.0 Å². The second-order valence-electron chi connectivity index (χ2n) is 5.53. The van der Waals surface area contributed by atoms with Gasteiger partial charge in [-0.05, 0) is 31.0 Å². The van der Waals surface area contributed by atoms with Gasteiger partial charge in [-0.2, -0.15) is 0 Å². The molecule has 0 spiro atoms. The molecule has 126 valence electrons. The molecule has 1 amide bonds. The lowest BCUT2D eigenvalue weighted by atomic mass is 10.2. The van der Waals surface area contributed by atoms with Crippen molar-refractivity contribution in [2.75, 3.05) is 6.54 Å². The Bertz CT molecular complexity index is 793. The summed E-state index contributed by atoms with van der Waals surface area (Å²) in [5.74, 6) is -1.16. The summed E-state index contributed by atoms with van der Waals surface area (Å²) in [7, 11) is 0. The average Bonchev–Trinajstić information content (AvgIpc) is 3.16. The Morgan fingerprint density at radius 2 is 2.17 bits per heavy atom. The lowest BCUT2D eigenvalue weighted by molar-refractivity contribution is -0.148. The number of likely N-dealkylation sites (tertiary alicyclic amines) is 1. The van der Waals surface area contributed by atoms with Crippen LogP contribution in [0.2, 0.25) is 10.0 Å². The smallest absolute Gasteiger partial charge is 0.326 e. The number of carboxylic acid groups (broad SMARTS) is 1. The topological polar surface area (TPSA) is 70.5 Å². The van der Waals surface area contributed by atoms with Gasteiger partial charge in [0.1, 0.15) is 11.0 Å². The van der Waals surface area contributed by atoms with Gasteiger partial charge in [0.05, 0.1) is 17.1 Å². The van der Waals surface area contributed by atoms with Crippen molar-refractivity contribution in [3.05, 3.63) is 39.3 Å². The molecule has 0 bridgehead atoms. The van der Waals surface area contributed by atoms with Crippen LogP contribution in [0, 0.1) is 0 Å². The van der Waals surface area contributed by atoms with E-state index in [1.807, 2.05) is 0 Å². The zero-order valence-electron chi connectivity index (χ0n) is 12.5. The maximum atomic E-state index is 12.4. The first kappa shape index (κ1) is 17.2. The van der Waals surface area contributed by atoms with Crippen LogP contribution in [0.4, 0.5) is 0 Å². The number of hydrogen-bond acceptors (Lipinski definition) is 4. The Kier molecular flexibility index (Phi) is 5.08. The minimum absolute atomic E-state index is 0.0888. The van der Waals surface area contributed by atoms with Crippen molar-refractivity contribution < 1.29 is 14.7 Å². The first-order chi connectivity index (χ1) is 11.5. The molecule has 1 atom stereocenters. The molecule has 2 aromatic rings. The third kappa shape index (κ3) is 3.55. The molecular weight excluding hydrogens is 371 g/mol. The number of carbonyl (C=O) groups excluding carboxylic acids is 1. The zero-order chi connectivity index (χ0) is 17.3. The van der Waals surface area contributed by atoms with E-state index in [4.69, 9.17) is 23.2 Å². The first-order valence-electron chi connectivity index (χ1n) is 7.38. The molecule has 1 aromatic carbocycles. The standard InChI is InChI=1S/C16H14Cl2N2O3S/c17-9-3-4-11(12(18)6-9)15-19-10(8-24-15)7-14(21)20-5-1-2-13(20)16(22)23/h3-4,6,8,13H,1-2,5,7H2,(H,22,23). The molecule has 1 unspecified atom stereocenters. The number of rotatable bonds is 4. The van der Waals surface area contributed by atoms with Crippen LogP contribution in [0.5, 0.6) is 0 Å². The fourth-order valence-corrected chi connectivity index (χ4v) is 4.17. The number of carboxylic acids is 1. The van der Waals surface area contributed by atoms with Gasteiger partial charge in [0.2, 0.25) is 5.91 Å². The SMILES string of the molecule is O=C(O)C1CCCN1C(=O)Cc1csc(-c2ccc(Cl)cc2Cl)n1. The number of aromatic nitrogens is 1. The maximum Gasteiger partial charge on any atom is 0.326 e. The number of carbonyl (C=O) groups is 2. The van der Waals surface area contributed by atoms with Crippen LogP contribution in [0.25, 0.3) is 10.6 Å². The van der Waals surface area contributed by atoms with Crippen molar-refractivity contribution in [3.8, 4) is 10.6 Å². The normalized spacial score (nSPS) is 17.2. The van der Waals surface area contributed by atoms with Crippen molar-refractivity contribution in [1.29, 1.82) is 0 Å². The van der Waals surface area contributed by atoms with Gasteiger partial charge in [-0.15, -0.1) is 11.3 Å². The molecule has 1 fully saturated rings. The van der Waals surface area contributed by atoms with Crippen molar-refractivity contribution in [1.82, 2.24) is 9.88 Å². The number of amides is 1. The molecule has 1 aliphatic rings. The lowest BCUT2D eigenvalue weighted by Crippen LogP contribution is -2.41. The molecule has 0 aliphatic carbocycles. The van der Waals surface area contributed by atoms with Crippen LogP contribution in [0.1, 0.15) is 18.5 Å². The van der Waals surface area contributed by atoms with Crippen LogP contribution in [0.15, 0.2) is 23.6 Å². The molecule has 1 aromatic heterocycles. The molecule has 0 saturated carbocycles. The van der Waals surface area contributed by atoms with Gasteiger partial charge in [-0.3, -0.25) is 4.79 Å². The molecule has 1 aliphatic heterocycles. The number of nitrogens with zero attached hydrogens (tertiary/aromatic N) is 2. The minimum Gasteiger partial charge on any atom is -0.480 e. The van der Waals surface area contributed by atoms with Gasteiger partial charge in [0.25, 0.3) is 0 Å². The third-order valence-corrected chi connectivity index (χ3v) is 5.38. The summed E-state index contributed by atoms with van der Waals surface area (Å²) in [6, 6.07) is 4.44. The molecule has 24 heavy (non-hydrogen) atoms. The summed E-state index contributed by atoms with van der Waals surface area (Å²) in [4.78, 5) is 29.4. The lowest BCUT2D eigenvalue weighted by Gasteiger charge is -2.20. The summed E-state index contributed by atoms with van der Waals surface area (Å²) in [6.45, 7) is 0.482. The van der Waals surface area contributed by atoms with Crippen molar-refractivity contribution in [3.63, 3.8) is 0 Å². The predicted molar refractivity (Wildman–Crippen MR) is 93.6 cm³/mol. The quantitative estimate of drug-likeness (QED) is 0.871. The molecule has 1 saturated heterocycles. The van der Waals surface area contributed by atoms with Gasteiger partial charge in [-0.25, -0.2) is 9.78 Å². The third-order valence-electron chi connectivity index (χ3n) is 3.90. The van der Waals surface area contributed by atoms with Crippen molar-refractivity contribution in [2.24, 2.45) is 0 Å². The molecule has 8 heteroatoms. The monoisotopic (exact) mass is 384 g/mol. The van der Waals surface area contributed by atoms with E-state index in [9.17, 15) is 14.7 Å². The average molecular weight is 385 g/mol. The number of thiazole rings is 1. The van der Waals surface area contributed by atoms with E-state index in [-0.39, 0.29) is 12.3 Å². The van der Waals surface area contributed by atoms with E-state index in [0.29, 0.717) is 40.1 Å². The Morgan fingerprint density at radius 3 is 2.88 bits per heavy atom. The molecule has 1 N–H and O–H groups in total. The maximum absolute atomic E-state index is 12.4. The number of aliphatic carboxylic acids is 1. The van der Waals surface area contributed by atoms with Gasteiger partial charge in [0, 0.05) is 22.5 Å². The summed E-state index contributed by atoms with van der Waals surface area (Å²) < 4.78 is 0. The Hall–Kier alpha value is -1.63. The highest BCUT2D eigenvalue weighted by atomic mass is 35.5. The molecular formula is C16H14Cl2N2O3S. The van der Waals surface area contributed by atoms with Gasteiger partial charge in [0.15, 0.2) is 0 Å². The number of hydrogen-bond donors (Lipinski definition) is 1. The minimum atomic E-state index is -0.951. The van der Waals surface area contributed by atoms with Crippen LogP contribution >= 0.6 is 34.5 Å². The highest BCUT2D eigenvalue weighted by Crippen LogP contribution is 2.32. The molecule has 5 nitrogen and oxygen atoms in total. The fraction of sp³-hybridized carbons (Fsp3) is 0.312. The van der Waals surface area contributed by atoms with Gasteiger partial charge >= 0.3 is 5.97 Å². The predicted octanol–water partition coefficient (Wildman–Crippen LogP) is 3.74. The van der Waals surface area contributed by atoms with Gasteiger partial charge in [-0.1, -0.05) is 23.2 Å². The van der Waals surface area contributed by atoms with Crippen molar-refractivity contribution in [2.45, 2.75) is 25.3 Å². The Morgan fingerprint density at radius 1 is 1.38 bits per heavy atom. The Balaban J connectivity index is 1.74. The number of halogens is 2. The van der Waals surface area contributed by atoms with E-state index < -0.39 is 12.0 Å². The van der Waals surface area contributed by atoms with Crippen LogP contribution < -0.4 is 0 Å². The second kappa shape index (κ2) is 7.09. The van der Waals surface area contributed by atoms with Crippen LogP contribution in [0.3, 0.4) is 0 Å². The van der Waals surface area contributed by atoms with E-state index >= 15 is 0 Å². The summed E-state index contributed by atoms with van der Waals surface area (Å²) >= 11 is 13.5. The summed E-state index contributed by atoms with van der Waals surface area (Å²) in [6.07, 6.45) is 1.31. The zero-order valence-corrected chi connectivity index (χ0v) is 14.9. The molecule has 0 radical (unpaired) electrons. The summed E-state index contributed by atoms with van der Waals surface area (Å²) in [5, 5.41) is 12.7. The fourth-order valence-electron chi connectivity index (χ4n) is 2.75. The largest absolute Gasteiger partial charge is 0.480 e. The van der Waals surface area contributed by atoms with E-state index in [0.717, 1.165) is 5.56 Å². The van der Waals surface area contributed by atoms with Crippen LogP contribution in [-0.4, -0.2) is 39.5 Å². The molecule has 3 rings (SSSR count). The van der Waals surface area contributed by atoms with E-state index in [1.165, 1.54) is 16.2 Å². The number of benzene rings is 1. The van der Waals surface area contributed by atoms with E-state index in [1.54, 1.807) is 23.6 Å². The highest BCUT2D eigenvalue weighted by Gasteiger charge is 2.33. The summed E-state index contributed by atoms with van der Waals surface area (Å²) in [5.41, 5.74) is 1.37. The molecule has 2 heterocycles. The highest BCUT2D eigenvalue weighted by molar-refractivity contribution is 7.13.